The van der Waals surface area contributed by atoms with Crippen molar-refractivity contribution in [1.82, 2.24) is 9.88 Å². The number of anilines is 1. The molecular weight excluding hydrogens is 246 g/mol. The Morgan fingerprint density at radius 2 is 2.25 bits per heavy atom. The van der Waals surface area contributed by atoms with Gasteiger partial charge in [-0.3, -0.25) is 4.98 Å². The molecule has 1 aromatic carbocycles. The highest BCUT2D eigenvalue weighted by Gasteiger charge is 2.22. The number of aromatic nitrogens is 1. The Balaban J connectivity index is 1.78. The number of hydrogen-bond acceptors (Lipinski definition) is 3. The molecule has 3 heteroatoms. The molecule has 0 radical (unpaired) electrons. The SMILES string of the molecule is CC(Nc1cccc2ccncc12)C1CCCN(C)C1. The molecule has 2 aromatic rings. The molecule has 0 aliphatic carbocycles. The third-order valence-electron chi connectivity index (χ3n) is 4.43. The Hall–Kier alpha value is -1.61. The highest BCUT2D eigenvalue weighted by Crippen LogP contribution is 2.26. The first-order valence-corrected chi connectivity index (χ1v) is 7.52. The summed E-state index contributed by atoms with van der Waals surface area (Å²) in [7, 11) is 2.22. The molecule has 1 fully saturated rings. The summed E-state index contributed by atoms with van der Waals surface area (Å²) in [5.74, 6) is 0.723. The van der Waals surface area contributed by atoms with Gasteiger partial charge in [0.25, 0.3) is 0 Å². The maximum absolute atomic E-state index is 4.26. The van der Waals surface area contributed by atoms with Crippen molar-refractivity contribution in [1.29, 1.82) is 0 Å². The molecule has 2 atom stereocenters. The van der Waals surface area contributed by atoms with Gasteiger partial charge < -0.3 is 10.2 Å². The number of fused-ring (bicyclic) bond motifs is 1. The van der Waals surface area contributed by atoms with Crippen LogP contribution >= 0.6 is 0 Å². The molecule has 1 aliphatic rings. The van der Waals surface area contributed by atoms with E-state index in [4.69, 9.17) is 0 Å². The van der Waals surface area contributed by atoms with E-state index in [9.17, 15) is 0 Å². The number of pyridine rings is 1. The Morgan fingerprint density at radius 1 is 1.35 bits per heavy atom. The lowest BCUT2D eigenvalue weighted by Crippen LogP contribution is -2.39. The summed E-state index contributed by atoms with van der Waals surface area (Å²) in [6, 6.07) is 8.97. The van der Waals surface area contributed by atoms with Crippen molar-refractivity contribution in [3.8, 4) is 0 Å². The van der Waals surface area contributed by atoms with Crippen LogP contribution in [-0.2, 0) is 0 Å². The predicted octanol–water partition coefficient (Wildman–Crippen LogP) is 3.38. The van der Waals surface area contributed by atoms with Gasteiger partial charge in [0.1, 0.15) is 0 Å². The Kier molecular flexibility index (Phi) is 3.88. The average molecular weight is 269 g/mol. The Labute approximate surface area is 121 Å². The largest absolute Gasteiger partial charge is 0.382 e. The topological polar surface area (TPSA) is 28.2 Å². The van der Waals surface area contributed by atoms with Crippen LogP contribution in [0.15, 0.2) is 36.7 Å². The van der Waals surface area contributed by atoms with Crippen LogP contribution in [0.25, 0.3) is 10.8 Å². The zero-order valence-corrected chi connectivity index (χ0v) is 12.3. The molecule has 106 valence electrons. The van der Waals surface area contributed by atoms with Crippen molar-refractivity contribution in [2.45, 2.75) is 25.8 Å². The van der Waals surface area contributed by atoms with Crippen LogP contribution in [0, 0.1) is 5.92 Å². The zero-order valence-electron chi connectivity index (χ0n) is 12.3. The summed E-state index contributed by atoms with van der Waals surface area (Å²) >= 11 is 0. The highest BCUT2D eigenvalue weighted by molar-refractivity contribution is 5.93. The van der Waals surface area contributed by atoms with E-state index in [2.05, 4.69) is 53.4 Å². The van der Waals surface area contributed by atoms with Gasteiger partial charge in [0.15, 0.2) is 0 Å². The summed E-state index contributed by atoms with van der Waals surface area (Å²) < 4.78 is 0. The maximum atomic E-state index is 4.26. The molecule has 1 N–H and O–H groups in total. The van der Waals surface area contributed by atoms with E-state index in [0.29, 0.717) is 6.04 Å². The van der Waals surface area contributed by atoms with Crippen LogP contribution in [-0.4, -0.2) is 36.1 Å². The standard InChI is InChI=1S/C17H23N3/c1-13(15-6-4-10-20(2)12-15)19-17-7-3-5-14-8-9-18-11-16(14)17/h3,5,7-9,11,13,15,19H,4,6,10,12H2,1-2H3. The van der Waals surface area contributed by atoms with E-state index in [-0.39, 0.29) is 0 Å². The first-order chi connectivity index (χ1) is 9.74. The lowest BCUT2D eigenvalue weighted by Gasteiger charge is -2.34. The average Bonchev–Trinajstić information content (AvgIpc) is 2.47. The Bertz CT molecular complexity index is 576. The van der Waals surface area contributed by atoms with Crippen LogP contribution in [0.5, 0.6) is 0 Å². The molecular formula is C17H23N3. The van der Waals surface area contributed by atoms with Crippen molar-refractivity contribution in [3.05, 3.63) is 36.7 Å². The van der Waals surface area contributed by atoms with Crippen molar-refractivity contribution in [3.63, 3.8) is 0 Å². The molecule has 3 rings (SSSR count). The van der Waals surface area contributed by atoms with Gasteiger partial charge in [-0.1, -0.05) is 12.1 Å². The highest BCUT2D eigenvalue weighted by atomic mass is 15.1. The number of nitrogens with zero attached hydrogens (tertiary/aromatic N) is 2. The van der Waals surface area contributed by atoms with Gasteiger partial charge in [-0.15, -0.1) is 0 Å². The lowest BCUT2D eigenvalue weighted by atomic mass is 9.91. The van der Waals surface area contributed by atoms with Crippen LogP contribution in [0.2, 0.25) is 0 Å². The lowest BCUT2D eigenvalue weighted by molar-refractivity contribution is 0.198. The van der Waals surface area contributed by atoms with Gasteiger partial charge in [-0.25, -0.2) is 0 Å². The molecule has 0 spiro atoms. The fourth-order valence-electron chi connectivity index (χ4n) is 3.22. The van der Waals surface area contributed by atoms with E-state index in [1.807, 2.05) is 12.4 Å². The minimum Gasteiger partial charge on any atom is -0.382 e. The fraction of sp³-hybridized carbons (Fsp3) is 0.471. The predicted molar refractivity (Wildman–Crippen MR) is 85.0 cm³/mol. The molecule has 0 bridgehead atoms. The van der Waals surface area contributed by atoms with Crippen molar-refractivity contribution in [2.24, 2.45) is 5.92 Å². The van der Waals surface area contributed by atoms with Crippen LogP contribution in [0.4, 0.5) is 5.69 Å². The summed E-state index contributed by atoms with van der Waals surface area (Å²) in [4.78, 5) is 6.70. The van der Waals surface area contributed by atoms with Crippen molar-refractivity contribution in [2.75, 3.05) is 25.5 Å². The molecule has 0 amide bonds. The minimum absolute atomic E-state index is 0.489. The van der Waals surface area contributed by atoms with Gasteiger partial charge in [0, 0.05) is 36.1 Å². The minimum atomic E-state index is 0.489. The van der Waals surface area contributed by atoms with Gasteiger partial charge in [-0.2, -0.15) is 0 Å². The normalized spacial score (nSPS) is 21.8. The smallest absolute Gasteiger partial charge is 0.0437 e. The van der Waals surface area contributed by atoms with E-state index in [1.165, 1.54) is 42.4 Å². The second kappa shape index (κ2) is 5.80. The summed E-state index contributed by atoms with van der Waals surface area (Å²) in [6.45, 7) is 4.73. The molecule has 0 saturated carbocycles. The summed E-state index contributed by atoms with van der Waals surface area (Å²) in [5, 5.41) is 6.17. The molecule has 1 aromatic heterocycles. The monoisotopic (exact) mass is 269 g/mol. The van der Waals surface area contributed by atoms with E-state index >= 15 is 0 Å². The van der Waals surface area contributed by atoms with Gasteiger partial charge in [0.05, 0.1) is 0 Å². The molecule has 1 saturated heterocycles. The van der Waals surface area contributed by atoms with Gasteiger partial charge in [0.2, 0.25) is 0 Å². The molecule has 1 aliphatic heterocycles. The number of nitrogens with one attached hydrogen (secondary N) is 1. The molecule has 2 heterocycles. The Morgan fingerprint density at radius 3 is 3.10 bits per heavy atom. The number of piperidine rings is 1. The van der Waals surface area contributed by atoms with Crippen LogP contribution < -0.4 is 5.32 Å². The first-order valence-electron chi connectivity index (χ1n) is 7.52. The quantitative estimate of drug-likeness (QED) is 0.926. The number of rotatable bonds is 3. The molecule has 20 heavy (non-hydrogen) atoms. The van der Waals surface area contributed by atoms with Crippen molar-refractivity contribution >= 4 is 16.5 Å². The number of benzene rings is 1. The molecule has 3 nitrogen and oxygen atoms in total. The van der Waals surface area contributed by atoms with Crippen LogP contribution in [0.3, 0.4) is 0 Å². The van der Waals surface area contributed by atoms with E-state index in [1.54, 1.807) is 0 Å². The first kappa shape index (κ1) is 13.4. The zero-order chi connectivity index (χ0) is 13.9. The number of likely N-dealkylation sites (tertiary alicyclic amines) is 1. The van der Waals surface area contributed by atoms with E-state index < -0.39 is 0 Å². The third kappa shape index (κ3) is 2.78. The van der Waals surface area contributed by atoms with Gasteiger partial charge >= 0.3 is 0 Å². The number of hydrogen-bond donors (Lipinski definition) is 1. The second-order valence-corrected chi connectivity index (χ2v) is 6.00. The fourth-order valence-corrected chi connectivity index (χ4v) is 3.22. The maximum Gasteiger partial charge on any atom is 0.0437 e. The molecule has 2 unspecified atom stereocenters. The van der Waals surface area contributed by atoms with Crippen molar-refractivity contribution < 1.29 is 0 Å². The van der Waals surface area contributed by atoms with E-state index in [0.717, 1.165) is 5.92 Å². The van der Waals surface area contributed by atoms with Crippen LogP contribution in [0.1, 0.15) is 19.8 Å². The summed E-state index contributed by atoms with van der Waals surface area (Å²) in [6.07, 6.45) is 6.44. The second-order valence-electron chi connectivity index (χ2n) is 6.00. The van der Waals surface area contributed by atoms with Gasteiger partial charge in [-0.05, 0) is 56.8 Å². The summed E-state index contributed by atoms with van der Waals surface area (Å²) in [5.41, 5.74) is 1.20. The third-order valence-corrected chi connectivity index (χ3v) is 4.43.